The standard InChI is InChI=1S/C26H25N3O3S2/c30-24(27-14-18-7-2-1-3-8-18)17-28-15-19(21-10-4-5-11-22(21)28)13-23-25(31)29(26(33)34-23)16-20-9-6-12-32-20/h1-5,7-8,10-11,13,15,20H,6,9,12,14,16-17H2,(H,27,30)/b23-13-/t20-/m0/s1. The van der Waals surface area contributed by atoms with E-state index < -0.39 is 0 Å². The number of thiocarbonyl (C=S) groups is 1. The summed E-state index contributed by atoms with van der Waals surface area (Å²) in [5.74, 6) is -0.151. The van der Waals surface area contributed by atoms with Crippen LogP contribution in [0.1, 0.15) is 24.0 Å². The number of amides is 2. The molecule has 0 saturated carbocycles. The molecule has 2 aliphatic rings. The lowest BCUT2D eigenvalue weighted by atomic mass is 10.1. The second-order valence-corrected chi connectivity index (χ2v) is 10.1. The zero-order valence-electron chi connectivity index (χ0n) is 18.6. The number of nitrogens with one attached hydrogen (secondary N) is 1. The van der Waals surface area contributed by atoms with E-state index in [0.29, 0.717) is 22.3 Å². The third-order valence-corrected chi connectivity index (χ3v) is 7.41. The first-order chi connectivity index (χ1) is 16.6. The fraction of sp³-hybridized carbons (Fsp3) is 0.269. The number of ether oxygens (including phenoxy) is 1. The lowest BCUT2D eigenvalue weighted by Crippen LogP contribution is -2.35. The Balaban J connectivity index is 1.34. The van der Waals surface area contributed by atoms with Crippen LogP contribution < -0.4 is 5.32 Å². The molecular weight excluding hydrogens is 466 g/mol. The van der Waals surface area contributed by atoms with Crippen LogP contribution in [-0.4, -0.2) is 44.9 Å². The molecule has 1 N–H and O–H groups in total. The van der Waals surface area contributed by atoms with Gasteiger partial charge in [-0.1, -0.05) is 72.5 Å². The molecule has 3 heterocycles. The van der Waals surface area contributed by atoms with E-state index in [9.17, 15) is 9.59 Å². The Hall–Kier alpha value is -2.94. The van der Waals surface area contributed by atoms with Crippen molar-refractivity contribution in [3.8, 4) is 0 Å². The van der Waals surface area contributed by atoms with E-state index in [4.69, 9.17) is 17.0 Å². The number of rotatable bonds is 7. The average molecular weight is 492 g/mol. The molecule has 3 aromatic rings. The molecule has 8 heteroatoms. The smallest absolute Gasteiger partial charge is 0.266 e. The molecule has 2 aliphatic heterocycles. The van der Waals surface area contributed by atoms with Gasteiger partial charge < -0.3 is 14.6 Å². The normalized spacial score (nSPS) is 19.5. The van der Waals surface area contributed by atoms with Crippen LogP contribution in [0.5, 0.6) is 0 Å². The predicted octanol–water partition coefficient (Wildman–Crippen LogP) is 4.34. The summed E-state index contributed by atoms with van der Waals surface area (Å²) >= 11 is 6.81. The van der Waals surface area contributed by atoms with Gasteiger partial charge in [-0.3, -0.25) is 14.5 Å². The summed E-state index contributed by atoms with van der Waals surface area (Å²) in [6.07, 6.45) is 5.84. The number of fused-ring (bicyclic) bond motifs is 1. The maximum absolute atomic E-state index is 13.1. The van der Waals surface area contributed by atoms with Crippen LogP contribution in [0.2, 0.25) is 0 Å². The van der Waals surface area contributed by atoms with E-state index in [1.54, 1.807) is 4.90 Å². The monoisotopic (exact) mass is 491 g/mol. The highest BCUT2D eigenvalue weighted by Gasteiger charge is 2.34. The number of hydrogen-bond acceptors (Lipinski definition) is 5. The second kappa shape index (κ2) is 10.1. The second-order valence-electron chi connectivity index (χ2n) is 8.42. The van der Waals surface area contributed by atoms with Crippen molar-refractivity contribution in [2.45, 2.75) is 32.0 Å². The Morgan fingerprint density at radius 3 is 2.76 bits per heavy atom. The number of para-hydroxylation sites is 1. The van der Waals surface area contributed by atoms with Crippen molar-refractivity contribution >= 4 is 57.1 Å². The minimum atomic E-state index is -0.0806. The molecule has 2 saturated heterocycles. The summed E-state index contributed by atoms with van der Waals surface area (Å²) in [7, 11) is 0. The van der Waals surface area contributed by atoms with Crippen LogP contribution >= 0.6 is 24.0 Å². The molecule has 0 radical (unpaired) electrons. The highest BCUT2D eigenvalue weighted by Crippen LogP contribution is 2.35. The molecular formula is C26H25N3O3S2. The number of aromatic nitrogens is 1. The molecule has 0 bridgehead atoms. The fourth-order valence-corrected chi connectivity index (χ4v) is 5.58. The zero-order chi connectivity index (χ0) is 23.5. The molecule has 6 nitrogen and oxygen atoms in total. The molecule has 0 spiro atoms. The van der Waals surface area contributed by atoms with E-state index in [2.05, 4.69) is 5.32 Å². The number of nitrogens with zero attached hydrogens (tertiary/aromatic N) is 2. The molecule has 1 atom stereocenters. The van der Waals surface area contributed by atoms with Gasteiger partial charge in [0.2, 0.25) is 5.91 Å². The fourth-order valence-electron chi connectivity index (χ4n) is 4.32. The first kappa shape index (κ1) is 22.8. The van der Waals surface area contributed by atoms with Crippen LogP contribution in [0.25, 0.3) is 17.0 Å². The van der Waals surface area contributed by atoms with Gasteiger partial charge in [0.25, 0.3) is 5.91 Å². The molecule has 0 unspecified atom stereocenters. The number of carbonyl (C=O) groups excluding carboxylic acids is 2. The van der Waals surface area contributed by atoms with E-state index >= 15 is 0 Å². The first-order valence-electron chi connectivity index (χ1n) is 11.3. The van der Waals surface area contributed by atoms with Crippen molar-refractivity contribution in [2.75, 3.05) is 13.2 Å². The van der Waals surface area contributed by atoms with Crippen molar-refractivity contribution in [3.63, 3.8) is 0 Å². The minimum Gasteiger partial charge on any atom is -0.376 e. The Morgan fingerprint density at radius 1 is 1.18 bits per heavy atom. The molecule has 174 valence electrons. The van der Waals surface area contributed by atoms with E-state index in [1.807, 2.05) is 71.4 Å². The lowest BCUT2D eigenvalue weighted by molar-refractivity contribution is -0.123. The summed E-state index contributed by atoms with van der Waals surface area (Å²) in [5, 5.41) is 3.97. The van der Waals surface area contributed by atoms with Crippen LogP contribution in [0, 0.1) is 0 Å². The minimum absolute atomic E-state index is 0.0539. The van der Waals surface area contributed by atoms with Crippen molar-refractivity contribution in [1.82, 2.24) is 14.8 Å². The number of hydrogen-bond donors (Lipinski definition) is 1. The van der Waals surface area contributed by atoms with Crippen molar-refractivity contribution in [3.05, 3.63) is 76.8 Å². The topological polar surface area (TPSA) is 63.6 Å². The summed E-state index contributed by atoms with van der Waals surface area (Å²) in [6, 6.07) is 17.7. The average Bonchev–Trinajstić information content (AvgIpc) is 3.55. The van der Waals surface area contributed by atoms with Crippen LogP contribution in [0.4, 0.5) is 0 Å². The van der Waals surface area contributed by atoms with E-state index in [1.165, 1.54) is 11.8 Å². The van der Waals surface area contributed by atoms with Gasteiger partial charge in [-0.15, -0.1) is 0 Å². The van der Waals surface area contributed by atoms with Gasteiger partial charge in [0.05, 0.1) is 17.6 Å². The number of benzene rings is 2. The molecule has 0 aliphatic carbocycles. The summed E-state index contributed by atoms with van der Waals surface area (Å²) < 4.78 is 8.18. The summed E-state index contributed by atoms with van der Waals surface area (Å²) in [6.45, 7) is 1.93. The first-order valence-corrected chi connectivity index (χ1v) is 12.6. The van der Waals surface area contributed by atoms with Crippen molar-refractivity contribution in [2.24, 2.45) is 0 Å². The van der Waals surface area contributed by atoms with E-state index in [0.717, 1.165) is 41.5 Å². The van der Waals surface area contributed by atoms with Gasteiger partial charge in [-0.2, -0.15) is 0 Å². The van der Waals surface area contributed by atoms with Crippen LogP contribution in [0.15, 0.2) is 65.7 Å². The van der Waals surface area contributed by atoms with Crippen molar-refractivity contribution in [1.29, 1.82) is 0 Å². The van der Waals surface area contributed by atoms with Gasteiger partial charge >= 0.3 is 0 Å². The van der Waals surface area contributed by atoms with Gasteiger partial charge in [0.1, 0.15) is 10.9 Å². The van der Waals surface area contributed by atoms with Gasteiger partial charge in [-0.25, -0.2) is 0 Å². The number of thioether (sulfide) groups is 1. The summed E-state index contributed by atoms with van der Waals surface area (Å²) in [4.78, 5) is 28.0. The molecule has 2 fully saturated rings. The molecule has 5 rings (SSSR count). The highest BCUT2D eigenvalue weighted by molar-refractivity contribution is 8.26. The Labute approximate surface area is 207 Å². The third kappa shape index (κ3) is 4.94. The number of carbonyl (C=O) groups is 2. The molecule has 2 aromatic carbocycles. The predicted molar refractivity (Wildman–Crippen MR) is 139 cm³/mol. The highest BCUT2D eigenvalue weighted by atomic mass is 32.2. The summed E-state index contributed by atoms with van der Waals surface area (Å²) in [5.41, 5.74) is 2.89. The SMILES string of the molecule is O=C(Cn1cc(/C=C2\SC(=S)N(C[C@@H]3CCCO3)C2=O)c2ccccc21)NCc1ccccc1. The maximum atomic E-state index is 13.1. The third-order valence-electron chi connectivity index (χ3n) is 6.04. The quantitative estimate of drug-likeness (QED) is 0.394. The zero-order valence-corrected chi connectivity index (χ0v) is 20.2. The van der Waals surface area contributed by atoms with Gasteiger partial charge in [0.15, 0.2) is 0 Å². The van der Waals surface area contributed by atoms with Crippen molar-refractivity contribution < 1.29 is 14.3 Å². The maximum Gasteiger partial charge on any atom is 0.266 e. The Bertz CT molecular complexity index is 1260. The molecule has 2 amide bonds. The largest absolute Gasteiger partial charge is 0.376 e. The Kier molecular flexibility index (Phi) is 6.80. The van der Waals surface area contributed by atoms with Gasteiger partial charge in [0, 0.05) is 35.8 Å². The molecule has 34 heavy (non-hydrogen) atoms. The lowest BCUT2D eigenvalue weighted by Gasteiger charge is -2.18. The van der Waals surface area contributed by atoms with Gasteiger partial charge in [-0.05, 0) is 30.5 Å². The van der Waals surface area contributed by atoms with Crippen LogP contribution in [-0.2, 0) is 27.4 Å². The molecule has 1 aromatic heterocycles. The Morgan fingerprint density at radius 2 is 1.97 bits per heavy atom. The van der Waals surface area contributed by atoms with Crippen LogP contribution in [0.3, 0.4) is 0 Å². The van der Waals surface area contributed by atoms with E-state index in [-0.39, 0.29) is 24.5 Å².